The second-order valence-corrected chi connectivity index (χ2v) is 5.03. The van der Waals surface area contributed by atoms with Crippen LogP contribution >= 0.6 is 0 Å². The van der Waals surface area contributed by atoms with Crippen molar-refractivity contribution in [2.45, 2.75) is 20.8 Å². The van der Waals surface area contributed by atoms with Crippen molar-refractivity contribution in [1.29, 1.82) is 0 Å². The highest BCUT2D eigenvalue weighted by atomic mass is 15.3. The Morgan fingerprint density at radius 2 is 2.10 bits per heavy atom. The summed E-state index contributed by atoms with van der Waals surface area (Å²) < 4.78 is 1.77. The van der Waals surface area contributed by atoms with Gasteiger partial charge in [0.15, 0.2) is 0 Å². The van der Waals surface area contributed by atoms with Gasteiger partial charge < -0.3 is 10.2 Å². The molecule has 0 radical (unpaired) electrons. The number of nitrogens with zero attached hydrogens (tertiary/aromatic N) is 6. The molecule has 0 fully saturated rings. The standard InChI is InChI=1S/C13H21N7/c1-5-15-11-16-12(19(4)8-10(2)3)18-13(17-11)20-7-6-14-9-20/h6-7,9-10H,5,8H2,1-4H3,(H,15,16,17,18). The topological polar surface area (TPSA) is 71.8 Å². The van der Waals surface area contributed by atoms with Crippen LogP contribution in [0.2, 0.25) is 0 Å². The Bertz CT molecular complexity index is 536. The molecule has 0 spiro atoms. The zero-order valence-corrected chi connectivity index (χ0v) is 12.4. The summed E-state index contributed by atoms with van der Waals surface area (Å²) in [5, 5.41) is 3.14. The number of rotatable bonds is 6. The van der Waals surface area contributed by atoms with Crippen LogP contribution in [0, 0.1) is 5.92 Å². The summed E-state index contributed by atoms with van der Waals surface area (Å²) in [5.41, 5.74) is 0. The Hall–Kier alpha value is -2.18. The number of hydrogen-bond acceptors (Lipinski definition) is 6. The zero-order chi connectivity index (χ0) is 14.5. The lowest BCUT2D eigenvalue weighted by Crippen LogP contribution is -2.26. The van der Waals surface area contributed by atoms with E-state index in [-0.39, 0.29) is 0 Å². The predicted octanol–water partition coefficient (Wildman–Crippen LogP) is 1.58. The van der Waals surface area contributed by atoms with Gasteiger partial charge in [0.05, 0.1) is 0 Å². The number of anilines is 2. The maximum atomic E-state index is 4.50. The van der Waals surface area contributed by atoms with Gasteiger partial charge in [-0.2, -0.15) is 15.0 Å². The highest BCUT2D eigenvalue weighted by Gasteiger charge is 2.12. The third-order valence-corrected chi connectivity index (χ3v) is 2.66. The molecule has 0 aliphatic carbocycles. The van der Waals surface area contributed by atoms with Crippen molar-refractivity contribution in [2.75, 3.05) is 30.4 Å². The molecule has 0 aromatic carbocycles. The lowest BCUT2D eigenvalue weighted by atomic mass is 10.2. The Morgan fingerprint density at radius 1 is 1.30 bits per heavy atom. The van der Waals surface area contributed by atoms with E-state index in [1.807, 2.05) is 25.1 Å². The van der Waals surface area contributed by atoms with Gasteiger partial charge >= 0.3 is 0 Å². The average Bonchev–Trinajstić information content (AvgIpc) is 2.92. The van der Waals surface area contributed by atoms with Crippen LogP contribution in [0.15, 0.2) is 18.7 Å². The molecule has 2 aromatic rings. The Balaban J connectivity index is 2.35. The second-order valence-electron chi connectivity index (χ2n) is 5.03. The summed E-state index contributed by atoms with van der Waals surface area (Å²) >= 11 is 0. The molecule has 20 heavy (non-hydrogen) atoms. The van der Waals surface area contributed by atoms with Crippen LogP contribution < -0.4 is 10.2 Å². The number of nitrogens with one attached hydrogen (secondary N) is 1. The van der Waals surface area contributed by atoms with E-state index < -0.39 is 0 Å². The van der Waals surface area contributed by atoms with E-state index in [1.54, 1.807) is 17.1 Å². The van der Waals surface area contributed by atoms with Crippen LogP contribution in [-0.4, -0.2) is 44.6 Å². The van der Waals surface area contributed by atoms with Gasteiger partial charge in [0.25, 0.3) is 0 Å². The van der Waals surface area contributed by atoms with Gasteiger partial charge in [-0.25, -0.2) is 4.98 Å². The van der Waals surface area contributed by atoms with Crippen LogP contribution in [0.3, 0.4) is 0 Å². The quantitative estimate of drug-likeness (QED) is 0.863. The lowest BCUT2D eigenvalue weighted by molar-refractivity contribution is 0.628. The minimum atomic E-state index is 0.538. The highest BCUT2D eigenvalue weighted by Crippen LogP contribution is 2.13. The SMILES string of the molecule is CCNc1nc(N(C)CC(C)C)nc(-n2ccnc2)n1. The van der Waals surface area contributed by atoms with E-state index in [1.165, 1.54) is 0 Å². The van der Waals surface area contributed by atoms with Crippen molar-refractivity contribution >= 4 is 11.9 Å². The first-order valence-corrected chi connectivity index (χ1v) is 6.79. The summed E-state index contributed by atoms with van der Waals surface area (Å²) in [4.78, 5) is 19.4. The van der Waals surface area contributed by atoms with Crippen molar-refractivity contribution in [2.24, 2.45) is 5.92 Å². The van der Waals surface area contributed by atoms with E-state index in [9.17, 15) is 0 Å². The third kappa shape index (κ3) is 3.43. The molecule has 0 bridgehead atoms. The van der Waals surface area contributed by atoms with Crippen LogP contribution in [0.5, 0.6) is 0 Å². The van der Waals surface area contributed by atoms with Crippen LogP contribution in [0.1, 0.15) is 20.8 Å². The molecule has 1 N–H and O–H groups in total. The molecule has 2 aromatic heterocycles. The summed E-state index contributed by atoms with van der Waals surface area (Å²) in [7, 11) is 1.99. The molecule has 108 valence electrons. The Morgan fingerprint density at radius 3 is 2.70 bits per heavy atom. The van der Waals surface area contributed by atoms with Crippen LogP contribution in [0.4, 0.5) is 11.9 Å². The molecule has 0 unspecified atom stereocenters. The fourth-order valence-corrected chi connectivity index (χ4v) is 1.88. The van der Waals surface area contributed by atoms with Crippen molar-refractivity contribution in [3.63, 3.8) is 0 Å². The molecule has 2 heterocycles. The van der Waals surface area contributed by atoms with Gasteiger partial charge in [-0.15, -0.1) is 0 Å². The van der Waals surface area contributed by atoms with E-state index in [0.29, 0.717) is 23.8 Å². The minimum absolute atomic E-state index is 0.538. The van der Waals surface area contributed by atoms with Crippen molar-refractivity contribution < 1.29 is 0 Å². The molecule has 0 saturated heterocycles. The summed E-state index contributed by atoms with van der Waals surface area (Å²) in [6.07, 6.45) is 5.20. The first-order chi connectivity index (χ1) is 9.60. The monoisotopic (exact) mass is 275 g/mol. The van der Waals surface area contributed by atoms with Gasteiger partial charge in [0, 0.05) is 32.5 Å². The van der Waals surface area contributed by atoms with Crippen LogP contribution in [-0.2, 0) is 0 Å². The largest absolute Gasteiger partial charge is 0.354 e. The Kier molecular flexibility index (Phi) is 4.49. The normalized spacial score (nSPS) is 10.8. The number of imidazole rings is 1. The third-order valence-electron chi connectivity index (χ3n) is 2.66. The van der Waals surface area contributed by atoms with E-state index >= 15 is 0 Å². The fraction of sp³-hybridized carbons (Fsp3) is 0.538. The summed E-state index contributed by atoms with van der Waals surface area (Å²) in [6.45, 7) is 8.00. The van der Waals surface area contributed by atoms with Crippen LogP contribution in [0.25, 0.3) is 5.95 Å². The highest BCUT2D eigenvalue weighted by molar-refractivity contribution is 5.39. The van der Waals surface area contributed by atoms with E-state index in [0.717, 1.165) is 13.1 Å². The number of hydrogen-bond donors (Lipinski definition) is 1. The smallest absolute Gasteiger partial charge is 0.241 e. The van der Waals surface area contributed by atoms with Gasteiger partial charge in [-0.3, -0.25) is 4.57 Å². The molecule has 2 rings (SSSR count). The molecule has 0 aliphatic rings. The van der Waals surface area contributed by atoms with E-state index in [4.69, 9.17) is 0 Å². The predicted molar refractivity (Wildman–Crippen MR) is 79.2 cm³/mol. The average molecular weight is 275 g/mol. The Labute approximate surface area is 119 Å². The molecular formula is C13H21N7. The maximum Gasteiger partial charge on any atom is 0.241 e. The summed E-state index contributed by atoms with van der Waals surface area (Å²) in [6, 6.07) is 0. The maximum absolute atomic E-state index is 4.50. The number of aromatic nitrogens is 5. The van der Waals surface area contributed by atoms with Crippen molar-refractivity contribution in [3.8, 4) is 5.95 Å². The molecule has 0 amide bonds. The van der Waals surface area contributed by atoms with Crippen molar-refractivity contribution in [1.82, 2.24) is 24.5 Å². The van der Waals surface area contributed by atoms with Gasteiger partial charge in [-0.1, -0.05) is 13.8 Å². The second kappa shape index (κ2) is 6.31. The molecule has 0 saturated carbocycles. The fourth-order valence-electron chi connectivity index (χ4n) is 1.88. The lowest BCUT2D eigenvalue weighted by Gasteiger charge is -2.20. The molecular weight excluding hydrogens is 254 g/mol. The van der Waals surface area contributed by atoms with Crippen molar-refractivity contribution in [3.05, 3.63) is 18.7 Å². The molecule has 7 heteroatoms. The van der Waals surface area contributed by atoms with Gasteiger partial charge in [0.2, 0.25) is 17.8 Å². The first kappa shape index (κ1) is 14.2. The van der Waals surface area contributed by atoms with E-state index in [2.05, 4.69) is 39.1 Å². The first-order valence-electron chi connectivity index (χ1n) is 6.79. The van der Waals surface area contributed by atoms with Gasteiger partial charge in [0.1, 0.15) is 6.33 Å². The minimum Gasteiger partial charge on any atom is -0.354 e. The molecule has 7 nitrogen and oxygen atoms in total. The zero-order valence-electron chi connectivity index (χ0n) is 12.4. The molecule has 0 atom stereocenters. The molecule has 0 aliphatic heterocycles. The van der Waals surface area contributed by atoms with Gasteiger partial charge in [-0.05, 0) is 12.8 Å². The summed E-state index contributed by atoms with van der Waals surface area (Å²) in [5.74, 6) is 2.35.